The average molecular weight is 280 g/mol. The summed E-state index contributed by atoms with van der Waals surface area (Å²) in [6, 6.07) is 8.13. The average Bonchev–Trinajstić information content (AvgIpc) is 3.04. The van der Waals surface area contributed by atoms with Crippen molar-refractivity contribution in [3.63, 3.8) is 0 Å². The molecule has 0 amide bonds. The first-order valence-electron chi connectivity index (χ1n) is 7.13. The van der Waals surface area contributed by atoms with Crippen LogP contribution in [-0.4, -0.2) is 25.1 Å². The highest BCUT2D eigenvalue weighted by molar-refractivity contribution is 5.59. The third kappa shape index (κ3) is 2.65. The van der Waals surface area contributed by atoms with E-state index in [0.717, 1.165) is 28.7 Å². The fourth-order valence-electron chi connectivity index (χ4n) is 2.26. The van der Waals surface area contributed by atoms with E-state index in [1.54, 1.807) is 6.20 Å². The summed E-state index contributed by atoms with van der Waals surface area (Å²) >= 11 is 0. The Morgan fingerprint density at radius 2 is 2.05 bits per heavy atom. The Bertz CT molecular complexity index is 709. The van der Waals surface area contributed by atoms with Gasteiger partial charge < -0.3 is 10.3 Å². The minimum absolute atomic E-state index is 0.598. The van der Waals surface area contributed by atoms with Crippen molar-refractivity contribution < 1.29 is 0 Å². The van der Waals surface area contributed by atoms with Gasteiger partial charge in [0.2, 0.25) is 0 Å². The molecule has 0 saturated heterocycles. The molecule has 1 aromatic carbocycles. The Hall–Kier alpha value is -2.63. The topological polar surface area (TPSA) is 82.3 Å². The Kier molecular flexibility index (Phi) is 2.92. The van der Waals surface area contributed by atoms with E-state index >= 15 is 0 Å². The van der Waals surface area contributed by atoms with Crippen LogP contribution in [0.25, 0.3) is 11.4 Å². The number of imidazole rings is 1. The first-order valence-corrected chi connectivity index (χ1v) is 7.13. The van der Waals surface area contributed by atoms with Gasteiger partial charge in [-0.05, 0) is 37.1 Å². The van der Waals surface area contributed by atoms with Crippen LogP contribution < -0.4 is 5.32 Å². The number of rotatable bonds is 5. The quantitative estimate of drug-likeness (QED) is 0.671. The molecule has 3 N–H and O–H groups in total. The van der Waals surface area contributed by atoms with Gasteiger partial charge in [0.15, 0.2) is 5.82 Å². The molecule has 2 aromatic heterocycles. The van der Waals surface area contributed by atoms with Crippen LogP contribution >= 0.6 is 0 Å². The van der Waals surface area contributed by atoms with Crippen LogP contribution in [0, 0.1) is 0 Å². The molecule has 0 spiro atoms. The van der Waals surface area contributed by atoms with Crippen LogP contribution in [0.15, 0.2) is 36.7 Å². The number of benzene rings is 1. The summed E-state index contributed by atoms with van der Waals surface area (Å²) in [5.74, 6) is 3.31. The normalized spacial score (nSPS) is 14.3. The number of hydrogen-bond donors (Lipinski definition) is 3. The van der Waals surface area contributed by atoms with E-state index < -0.39 is 0 Å². The second-order valence-corrected chi connectivity index (χ2v) is 5.29. The highest BCUT2D eigenvalue weighted by Crippen LogP contribution is 2.38. The van der Waals surface area contributed by atoms with Crippen molar-refractivity contribution in [2.24, 2.45) is 0 Å². The maximum Gasteiger partial charge on any atom is 0.181 e. The highest BCUT2D eigenvalue weighted by Gasteiger charge is 2.27. The van der Waals surface area contributed by atoms with Crippen LogP contribution in [0.5, 0.6) is 0 Å². The molecule has 0 aliphatic heterocycles. The minimum Gasteiger partial charge on any atom is -0.378 e. The lowest BCUT2D eigenvalue weighted by Crippen LogP contribution is -2.00. The van der Waals surface area contributed by atoms with Gasteiger partial charge in [0.25, 0.3) is 0 Å². The monoisotopic (exact) mass is 280 g/mol. The van der Waals surface area contributed by atoms with E-state index in [-0.39, 0.29) is 0 Å². The predicted octanol–water partition coefficient (Wildman–Crippen LogP) is 2.68. The van der Waals surface area contributed by atoms with Crippen LogP contribution in [0.1, 0.15) is 30.4 Å². The maximum absolute atomic E-state index is 4.56. The van der Waals surface area contributed by atoms with Gasteiger partial charge in [0.05, 0.1) is 6.54 Å². The van der Waals surface area contributed by atoms with E-state index in [1.807, 2.05) is 30.5 Å². The van der Waals surface area contributed by atoms with Crippen molar-refractivity contribution in [3.05, 3.63) is 48.3 Å². The van der Waals surface area contributed by atoms with Crippen molar-refractivity contribution in [2.75, 3.05) is 5.32 Å². The van der Waals surface area contributed by atoms with Gasteiger partial charge in [-0.3, -0.25) is 5.10 Å². The standard InChI is InChI=1S/C15H16N6/c1-2-10(1)14-19-15(21-20-14)11-3-5-12(6-4-11)18-9-13-16-7-8-17-13/h3-8,10,18H,1-2,9H2,(H,16,17)(H,19,20,21). The molecule has 0 atom stereocenters. The summed E-state index contributed by atoms with van der Waals surface area (Å²) in [6.07, 6.45) is 6.02. The van der Waals surface area contributed by atoms with Gasteiger partial charge in [-0.2, -0.15) is 5.10 Å². The lowest BCUT2D eigenvalue weighted by Gasteiger charge is -2.04. The van der Waals surface area contributed by atoms with Gasteiger partial charge in [-0.1, -0.05) is 0 Å². The predicted molar refractivity (Wildman–Crippen MR) is 79.7 cm³/mol. The molecule has 1 aliphatic rings. The third-order valence-corrected chi connectivity index (χ3v) is 3.62. The van der Waals surface area contributed by atoms with E-state index in [0.29, 0.717) is 12.5 Å². The van der Waals surface area contributed by atoms with Gasteiger partial charge in [-0.25, -0.2) is 9.97 Å². The minimum atomic E-state index is 0.598. The summed E-state index contributed by atoms with van der Waals surface area (Å²) in [4.78, 5) is 11.8. The van der Waals surface area contributed by atoms with Gasteiger partial charge in [-0.15, -0.1) is 0 Å². The lowest BCUT2D eigenvalue weighted by atomic mass is 10.2. The Morgan fingerprint density at radius 3 is 2.76 bits per heavy atom. The first kappa shape index (κ1) is 12.1. The first-order chi connectivity index (χ1) is 10.4. The maximum atomic E-state index is 4.56. The summed E-state index contributed by atoms with van der Waals surface area (Å²) < 4.78 is 0. The number of nitrogens with one attached hydrogen (secondary N) is 3. The van der Waals surface area contributed by atoms with E-state index in [4.69, 9.17) is 0 Å². The third-order valence-electron chi connectivity index (χ3n) is 3.62. The van der Waals surface area contributed by atoms with Gasteiger partial charge in [0, 0.05) is 29.6 Å². The zero-order valence-electron chi connectivity index (χ0n) is 11.5. The van der Waals surface area contributed by atoms with Crippen molar-refractivity contribution >= 4 is 5.69 Å². The lowest BCUT2D eigenvalue weighted by molar-refractivity contribution is 0.935. The number of nitrogens with zero attached hydrogens (tertiary/aromatic N) is 3. The molecule has 1 saturated carbocycles. The SMILES string of the molecule is c1c[nH]c(CNc2ccc(-c3n[nH]c(C4CC4)n3)cc2)n1. The van der Waals surface area contributed by atoms with Gasteiger partial charge >= 0.3 is 0 Å². The van der Waals surface area contributed by atoms with Gasteiger partial charge in [0.1, 0.15) is 11.6 Å². The van der Waals surface area contributed by atoms with E-state index in [2.05, 4.69) is 30.5 Å². The molecule has 1 aliphatic carbocycles. The second-order valence-electron chi connectivity index (χ2n) is 5.29. The summed E-state index contributed by atoms with van der Waals surface area (Å²) in [5.41, 5.74) is 2.08. The molecule has 0 unspecified atom stereocenters. The molecule has 21 heavy (non-hydrogen) atoms. The van der Waals surface area contributed by atoms with Crippen molar-refractivity contribution in [2.45, 2.75) is 25.3 Å². The smallest absolute Gasteiger partial charge is 0.181 e. The highest BCUT2D eigenvalue weighted by atomic mass is 15.2. The van der Waals surface area contributed by atoms with E-state index in [9.17, 15) is 0 Å². The largest absolute Gasteiger partial charge is 0.378 e. The number of aromatic nitrogens is 5. The molecule has 0 radical (unpaired) electrons. The zero-order chi connectivity index (χ0) is 14.1. The molecule has 4 rings (SSSR count). The van der Waals surface area contributed by atoms with Crippen LogP contribution in [-0.2, 0) is 6.54 Å². The zero-order valence-corrected chi connectivity index (χ0v) is 11.5. The van der Waals surface area contributed by atoms with E-state index in [1.165, 1.54) is 12.8 Å². The van der Waals surface area contributed by atoms with Crippen molar-refractivity contribution in [3.8, 4) is 11.4 Å². The molecule has 6 nitrogen and oxygen atoms in total. The van der Waals surface area contributed by atoms with Crippen molar-refractivity contribution in [1.29, 1.82) is 0 Å². The van der Waals surface area contributed by atoms with Crippen LogP contribution in [0.3, 0.4) is 0 Å². The molecule has 0 bridgehead atoms. The molecule has 3 aromatic rings. The Labute approximate surface area is 122 Å². The number of aromatic amines is 2. The Balaban J connectivity index is 1.44. The second kappa shape index (κ2) is 5.05. The molecular formula is C15H16N6. The number of H-pyrrole nitrogens is 2. The fraction of sp³-hybridized carbons (Fsp3) is 0.267. The number of anilines is 1. The van der Waals surface area contributed by atoms with Crippen LogP contribution in [0.2, 0.25) is 0 Å². The molecule has 6 heteroatoms. The fourth-order valence-corrected chi connectivity index (χ4v) is 2.26. The summed E-state index contributed by atoms with van der Waals surface area (Å²) in [7, 11) is 0. The summed E-state index contributed by atoms with van der Waals surface area (Å²) in [6.45, 7) is 0.679. The molecule has 2 heterocycles. The Morgan fingerprint density at radius 1 is 1.19 bits per heavy atom. The number of hydrogen-bond acceptors (Lipinski definition) is 4. The van der Waals surface area contributed by atoms with Crippen LogP contribution in [0.4, 0.5) is 5.69 Å². The summed E-state index contributed by atoms with van der Waals surface area (Å²) in [5, 5.41) is 10.6. The molecule has 1 fully saturated rings. The molecular weight excluding hydrogens is 264 g/mol. The molecule has 106 valence electrons. The van der Waals surface area contributed by atoms with Crippen molar-refractivity contribution in [1.82, 2.24) is 25.1 Å².